The van der Waals surface area contributed by atoms with Crippen molar-refractivity contribution in [3.05, 3.63) is 23.9 Å². The molecule has 0 saturated heterocycles. The summed E-state index contributed by atoms with van der Waals surface area (Å²) in [4.78, 5) is 4.08. The van der Waals surface area contributed by atoms with Gasteiger partial charge in [0.2, 0.25) is 5.88 Å². The van der Waals surface area contributed by atoms with Gasteiger partial charge >= 0.3 is 6.18 Å². The van der Waals surface area contributed by atoms with E-state index in [9.17, 15) is 17.4 Å². The monoisotopic (exact) mass is 368 g/mol. The Morgan fingerprint density at radius 3 is 2.42 bits per heavy atom. The lowest BCUT2D eigenvalue weighted by Crippen LogP contribution is -2.34. The smallest absolute Gasteiger partial charge is 0.411 e. The predicted octanol–water partition coefficient (Wildman–Crippen LogP) is 3.15. The van der Waals surface area contributed by atoms with Crippen LogP contribution in [-0.4, -0.2) is 39.9 Å². The summed E-state index contributed by atoms with van der Waals surface area (Å²) in [5.74, 6) is 0.290. The van der Waals surface area contributed by atoms with Crippen LogP contribution in [0.3, 0.4) is 0 Å². The fourth-order valence-electron chi connectivity index (χ4n) is 1.53. The molecule has 0 aliphatic heterocycles. The lowest BCUT2D eigenvalue weighted by Gasteiger charge is -2.22. The molecule has 0 aliphatic carbocycles. The minimum absolute atomic E-state index is 0.0235. The minimum atomic E-state index is -4.34. The van der Waals surface area contributed by atoms with E-state index in [1.165, 1.54) is 0 Å². The molecule has 0 radical (unpaired) electrons. The standard InChI is InChI=1S/C15H23F3N2O3S/c1-11(20-24(21)14(2,3)4)12-5-6-13(19-9-12)23-8-7-22-10-15(16,17)18/h5-6,9,11,20H,7-8,10H2,1-4H3. The van der Waals surface area contributed by atoms with Gasteiger partial charge in [-0.1, -0.05) is 6.07 Å². The van der Waals surface area contributed by atoms with Gasteiger partial charge in [-0.2, -0.15) is 13.2 Å². The Morgan fingerprint density at radius 1 is 1.25 bits per heavy atom. The third-order valence-corrected chi connectivity index (χ3v) is 4.52. The Hall–Kier alpha value is -1.19. The first kappa shape index (κ1) is 20.9. The van der Waals surface area contributed by atoms with Crippen LogP contribution in [0.4, 0.5) is 13.2 Å². The average molecular weight is 368 g/mol. The molecule has 5 nitrogen and oxygen atoms in total. The molecular weight excluding hydrogens is 345 g/mol. The highest BCUT2D eigenvalue weighted by atomic mass is 32.2. The van der Waals surface area contributed by atoms with Crippen LogP contribution in [0.5, 0.6) is 5.88 Å². The van der Waals surface area contributed by atoms with E-state index < -0.39 is 23.8 Å². The normalized spacial score (nSPS) is 15.1. The first-order valence-electron chi connectivity index (χ1n) is 7.40. The molecule has 0 fully saturated rings. The number of rotatable bonds is 8. The van der Waals surface area contributed by atoms with Crippen molar-refractivity contribution in [2.45, 2.75) is 44.7 Å². The number of hydrogen-bond donors (Lipinski definition) is 1. The van der Waals surface area contributed by atoms with Crippen LogP contribution in [0.1, 0.15) is 39.3 Å². The van der Waals surface area contributed by atoms with Crippen LogP contribution < -0.4 is 9.46 Å². The Morgan fingerprint density at radius 2 is 1.92 bits per heavy atom. The lowest BCUT2D eigenvalue weighted by atomic mass is 10.2. The highest BCUT2D eigenvalue weighted by Gasteiger charge is 2.27. The molecule has 138 valence electrons. The molecule has 0 spiro atoms. The average Bonchev–Trinajstić information content (AvgIpc) is 2.45. The third-order valence-electron chi connectivity index (χ3n) is 2.84. The molecular formula is C15H23F3N2O3S. The predicted molar refractivity (Wildman–Crippen MR) is 86.1 cm³/mol. The van der Waals surface area contributed by atoms with Crippen LogP contribution in [-0.2, 0) is 15.7 Å². The fraction of sp³-hybridized carbons (Fsp3) is 0.667. The number of alkyl halides is 3. The van der Waals surface area contributed by atoms with Crippen molar-refractivity contribution < 1.29 is 26.9 Å². The third kappa shape index (κ3) is 8.07. The quantitative estimate of drug-likeness (QED) is 0.716. The summed E-state index contributed by atoms with van der Waals surface area (Å²) in [5.41, 5.74) is 0.827. The van der Waals surface area contributed by atoms with Gasteiger partial charge in [0.1, 0.15) is 13.2 Å². The zero-order valence-electron chi connectivity index (χ0n) is 14.1. The van der Waals surface area contributed by atoms with E-state index in [2.05, 4.69) is 14.4 Å². The van der Waals surface area contributed by atoms with Crippen molar-refractivity contribution in [1.29, 1.82) is 0 Å². The fourth-order valence-corrected chi connectivity index (χ4v) is 2.34. The van der Waals surface area contributed by atoms with Gasteiger partial charge in [0.05, 0.1) is 22.3 Å². The first-order chi connectivity index (χ1) is 11.0. The number of pyridine rings is 1. The van der Waals surface area contributed by atoms with Crippen LogP contribution >= 0.6 is 0 Å². The van der Waals surface area contributed by atoms with Crippen LogP contribution in [0, 0.1) is 0 Å². The molecule has 0 amide bonds. The lowest BCUT2D eigenvalue weighted by molar-refractivity contribution is -0.175. The summed E-state index contributed by atoms with van der Waals surface area (Å²) in [6.07, 6.45) is -2.76. The number of halogens is 3. The van der Waals surface area contributed by atoms with Crippen LogP contribution in [0.25, 0.3) is 0 Å². The van der Waals surface area contributed by atoms with Gasteiger partial charge in [-0.25, -0.2) is 13.9 Å². The zero-order valence-corrected chi connectivity index (χ0v) is 15.0. The Kier molecular flexibility index (Phi) is 7.62. The molecule has 1 heterocycles. The van der Waals surface area contributed by atoms with Crippen molar-refractivity contribution >= 4 is 11.0 Å². The number of aromatic nitrogens is 1. The maximum atomic E-state index is 12.0. The van der Waals surface area contributed by atoms with Crippen molar-refractivity contribution in [1.82, 2.24) is 9.71 Å². The highest BCUT2D eigenvalue weighted by Crippen LogP contribution is 2.18. The molecule has 0 saturated carbocycles. The molecule has 2 atom stereocenters. The van der Waals surface area contributed by atoms with Crippen molar-refractivity contribution in [2.24, 2.45) is 0 Å². The van der Waals surface area contributed by atoms with E-state index in [4.69, 9.17) is 4.74 Å². The number of nitrogens with zero attached hydrogens (tertiary/aromatic N) is 1. The summed E-state index contributed by atoms with van der Waals surface area (Å²) >= 11 is 0. The molecule has 9 heteroatoms. The topological polar surface area (TPSA) is 60.5 Å². The first-order valence-corrected chi connectivity index (χ1v) is 8.55. The van der Waals surface area contributed by atoms with E-state index in [-0.39, 0.29) is 24.0 Å². The summed E-state index contributed by atoms with van der Waals surface area (Å²) in [7, 11) is -1.21. The van der Waals surface area contributed by atoms with Crippen LogP contribution in [0.2, 0.25) is 0 Å². The molecule has 0 aliphatic rings. The number of nitrogens with one attached hydrogen (secondary N) is 1. The van der Waals surface area contributed by atoms with Gasteiger partial charge in [-0.15, -0.1) is 0 Å². The maximum absolute atomic E-state index is 12.0. The van der Waals surface area contributed by atoms with Crippen LogP contribution in [0.15, 0.2) is 18.3 Å². The largest absolute Gasteiger partial charge is 0.475 e. The highest BCUT2D eigenvalue weighted by molar-refractivity contribution is 7.84. The molecule has 1 aromatic rings. The summed E-state index contributed by atoms with van der Waals surface area (Å²) in [5, 5.41) is 0. The van der Waals surface area contributed by atoms with E-state index in [0.29, 0.717) is 5.88 Å². The second kappa shape index (κ2) is 8.77. The molecule has 0 aromatic carbocycles. The van der Waals surface area contributed by atoms with Gasteiger partial charge in [-0.05, 0) is 33.3 Å². The van der Waals surface area contributed by atoms with Gasteiger partial charge in [-0.3, -0.25) is 0 Å². The molecule has 1 aromatic heterocycles. The van der Waals surface area contributed by atoms with Gasteiger partial charge < -0.3 is 9.47 Å². The second-order valence-corrected chi connectivity index (χ2v) is 8.16. The maximum Gasteiger partial charge on any atom is 0.411 e. The Labute approximate surface area is 142 Å². The Bertz CT molecular complexity index is 530. The van der Waals surface area contributed by atoms with E-state index in [0.717, 1.165) is 5.56 Å². The Balaban J connectivity index is 2.41. The number of hydrogen-bond acceptors (Lipinski definition) is 4. The molecule has 2 unspecified atom stereocenters. The molecule has 1 rings (SSSR count). The van der Waals surface area contributed by atoms with E-state index in [1.807, 2.05) is 27.7 Å². The number of ether oxygens (including phenoxy) is 2. The van der Waals surface area contributed by atoms with Crippen molar-refractivity contribution in [2.75, 3.05) is 19.8 Å². The van der Waals surface area contributed by atoms with Crippen molar-refractivity contribution in [3.63, 3.8) is 0 Å². The van der Waals surface area contributed by atoms with Gasteiger partial charge in [0.25, 0.3) is 0 Å². The van der Waals surface area contributed by atoms with E-state index >= 15 is 0 Å². The molecule has 1 N–H and O–H groups in total. The summed E-state index contributed by atoms with van der Waals surface area (Å²) in [6.45, 7) is 6.00. The van der Waals surface area contributed by atoms with E-state index in [1.54, 1.807) is 18.3 Å². The summed E-state index contributed by atoms with van der Waals surface area (Å²) < 4.78 is 60.0. The van der Waals surface area contributed by atoms with Crippen molar-refractivity contribution in [3.8, 4) is 5.88 Å². The SMILES string of the molecule is CC(NS(=O)C(C)(C)C)c1ccc(OCCOCC(F)(F)F)nc1. The second-order valence-electron chi connectivity index (χ2n) is 6.17. The molecule has 0 bridgehead atoms. The minimum Gasteiger partial charge on any atom is -0.475 e. The van der Waals surface area contributed by atoms with Gasteiger partial charge in [0.15, 0.2) is 0 Å². The van der Waals surface area contributed by atoms with Gasteiger partial charge in [0, 0.05) is 18.3 Å². The summed E-state index contributed by atoms with van der Waals surface area (Å²) in [6, 6.07) is 3.20. The molecule has 24 heavy (non-hydrogen) atoms. The zero-order chi connectivity index (χ0) is 18.4.